The lowest BCUT2D eigenvalue weighted by Gasteiger charge is -2.32. The Hall–Kier alpha value is -4.22. The van der Waals surface area contributed by atoms with Gasteiger partial charge in [0.2, 0.25) is 5.90 Å². The van der Waals surface area contributed by atoms with Gasteiger partial charge in [0.05, 0.1) is 17.3 Å². The van der Waals surface area contributed by atoms with Crippen LogP contribution in [-0.4, -0.2) is 23.2 Å². The van der Waals surface area contributed by atoms with E-state index in [1.165, 1.54) is 0 Å². The summed E-state index contributed by atoms with van der Waals surface area (Å²) in [6.07, 6.45) is 0. The first-order chi connectivity index (χ1) is 17.2. The van der Waals surface area contributed by atoms with E-state index in [-0.39, 0.29) is 5.90 Å². The second-order valence-corrected chi connectivity index (χ2v) is 8.82. The molecule has 170 valence electrons. The van der Waals surface area contributed by atoms with Crippen molar-refractivity contribution in [1.29, 1.82) is 0 Å². The number of benzene rings is 4. The molecule has 0 saturated heterocycles. The lowest BCUT2D eigenvalue weighted by molar-refractivity contribution is -0.139. The zero-order valence-electron chi connectivity index (χ0n) is 18.6. The number of rotatable bonds is 4. The Kier molecular flexibility index (Phi) is 5.20. The van der Waals surface area contributed by atoms with Gasteiger partial charge in [-0.05, 0) is 47.5 Å². The summed E-state index contributed by atoms with van der Waals surface area (Å²) < 4.78 is 5.87. The summed E-state index contributed by atoms with van der Waals surface area (Å²) in [5.41, 5.74) is 2.52. The summed E-state index contributed by atoms with van der Waals surface area (Å²) >= 11 is 6.22. The molecule has 0 bridgehead atoms. The Bertz CT molecular complexity index is 1440. The predicted molar refractivity (Wildman–Crippen MR) is 138 cm³/mol. The minimum Gasteiger partial charge on any atom is -0.404 e. The summed E-state index contributed by atoms with van der Waals surface area (Å²) in [6.45, 7) is 0. The Morgan fingerprint density at radius 1 is 0.743 bits per heavy atom. The van der Waals surface area contributed by atoms with E-state index in [0.29, 0.717) is 5.02 Å². The number of aliphatic imine (C=N–C) groups is 1. The maximum Gasteiger partial charge on any atom is 0.364 e. The molecule has 0 aliphatic carbocycles. The number of anilines is 1. The predicted octanol–water partition coefficient (Wildman–Crippen LogP) is 6.05. The molecule has 2 aliphatic heterocycles. The molecule has 0 aromatic heterocycles. The van der Waals surface area contributed by atoms with Gasteiger partial charge in [-0.1, -0.05) is 90.5 Å². The van der Waals surface area contributed by atoms with E-state index < -0.39 is 17.6 Å². The molecule has 1 spiro atoms. The molecular formula is C29H20ClN3O2. The third-order valence-electron chi connectivity index (χ3n) is 6.26. The van der Waals surface area contributed by atoms with Crippen molar-refractivity contribution >= 4 is 34.9 Å². The first-order valence-corrected chi connectivity index (χ1v) is 11.7. The molecule has 4 aromatic carbocycles. The molecule has 4 aromatic rings. The van der Waals surface area contributed by atoms with Crippen molar-refractivity contribution in [2.75, 3.05) is 5.01 Å². The van der Waals surface area contributed by atoms with Gasteiger partial charge in [0, 0.05) is 10.6 Å². The number of nitrogens with zero attached hydrogens (tertiary/aromatic N) is 3. The van der Waals surface area contributed by atoms with Gasteiger partial charge in [0.25, 0.3) is 5.66 Å². The molecule has 0 amide bonds. The number of cyclic esters (lactones) is 1. The van der Waals surface area contributed by atoms with Crippen molar-refractivity contribution in [1.82, 2.24) is 0 Å². The third kappa shape index (κ3) is 3.52. The molecule has 0 radical (unpaired) electrons. The number of hydrogen-bond acceptors (Lipinski definition) is 5. The van der Waals surface area contributed by atoms with Gasteiger partial charge in [0.15, 0.2) is 0 Å². The van der Waals surface area contributed by atoms with Crippen molar-refractivity contribution < 1.29 is 9.53 Å². The standard InChI is InChI=1S/C29H20ClN3O2/c30-23-18-16-20(17-19-23)25-26(21-10-4-1-5-11-21)32-33(24-14-8-3-9-15-24)29(25)28(34)35-27(31-29)22-12-6-2-7-13-22/h1-19,25H. The third-order valence-corrected chi connectivity index (χ3v) is 6.51. The maximum absolute atomic E-state index is 13.9. The molecule has 5 nitrogen and oxygen atoms in total. The zero-order chi connectivity index (χ0) is 23.8. The van der Waals surface area contributed by atoms with Crippen molar-refractivity contribution in [2.45, 2.75) is 11.6 Å². The maximum atomic E-state index is 13.9. The molecule has 2 heterocycles. The SMILES string of the molecule is O=C1OC(c2ccccc2)=NC12C(c1ccc(Cl)cc1)C(c1ccccc1)=NN2c1ccccc1. The number of ether oxygens (including phenoxy) is 1. The topological polar surface area (TPSA) is 54.3 Å². The van der Waals surface area contributed by atoms with Gasteiger partial charge in [-0.15, -0.1) is 0 Å². The van der Waals surface area contributed by atoms with Gasteiger partial charge in [0.1, 0.15) is 0 Å². The van der Waals surface area contributed by atoms with E-state index in [1.54, 1.807) is 5.01 Å². The normalized spacial score (nSPS) is 21.1. The second kappa shape index (κ2) is 8.53. The average Bonchev–Trinajstić information content (AvgIpc) is 3.44. The van der Waals surface area contributed by atoms with Crippen molar-refractivity contribution in [3.05, 3.63) is 137 Å². The van der Waals surface area contributed by atoms with Crippen molar-refractivity contribution in [3.8, 4) is 0 Å². The van der Waals surface area contributed by atoms with Crippen LogP contribution in [0.15, 0.2) is 125 Å². The zero-order valence-corrected chi connectivity index (χ0v) is 19.3. The Balaban J connectivity index is 1.62. The fraction of sp³-hybridized carbons (Fsp3) is 0.0690. The van der Waals surface area contributed by atoms with Crippen LogP contribution in [0.25, 0.3) is 0 Å². The fourth-order valence-corrected chi connectivity index (χ4v) is 4.79. The highest BCUT2D eigenvalue weighted by molar-refractivity contribution is 6.30. The highest BCUT2D eigenvalue weighted by atomic mass is 35.5. The van der Waals surface area contributed by atoms with E-state index in [9.17, 15) is 4.79 Å². The van der Waals surface area contributed by atoms with Crippen LogP contribution in [0.1, 0.15) is 22.6 Å². The molecule has 2 atom stereocenters. The van der Waals surface area contributed by atoms with Crippen LogP contribution in [-0.2, 0) is 9.53 Å². The highest BCUT2D eigenvalue weighted by Crippen LogP contribution is 2.48. The van der Waals surface area contributed by atoms with Crippen LogP contribution < -0.4 is 5.01 Å². The van der Waals surface area contributed by atoms with E-state index in [2.05, 4.69) is 0 Å². The van der Waals surface area contributed by atoms with E-state index in [0.717, 1.165) is 28.1 Å². The lowest BCUT2D eigenvalue weighted by Crippen LogP contribution is -2.51. The fourth-order valence-electron chi connectivity index (χ4n) is 4.66. The van der Waals surface area contributed by atoms with Crippen LogP contribution in [0.5, 0.6) is 0 Å². The van der Waals surface area contributed by atoms with E-state index in [4.69, 9.17) is 26.4 Å². The van der Waals surface area contributed by atoms with Crippen LogP contribution in [0.4, 0.5) is 5.69 Å². The lowest BCUT2D eigenvalue weighted by atomic mass is 9.80. The quantitative estimate of drug-likeness (QED) is 0.336. The van der Waals surface area contributed by atoms with Crippen LogP contribution in [0.2, 0.25) is 5.02 Å². The Morgan fingerprint density at radius 3 is 1.94 bits per heavy atom. The van der Waals surface area contributed by atoms with E-state index >= 15 is 0 Å². The number of para-hydroxylation sites is 1. The number of hydrogen-bond donors (Lipinski definition) is 0. The number of halogens is 1. The van der Waals surface area contributed by atoms with E-state index in [1.807, 2.05) is 115 Å². The molecule has 2 aliphatic rings. The molecule has 6 rings (SSSR count). The molecule has 0 N–H and O–H groups in total. The van der Waals surface area contributed by atoms with Gasteiger partial charge < -0.3 is 4.74 Å². The monoisotopic (exact) mass is 477 g/mol. The molecule has 35 heavy (non-hydrogen) atoms. The van der Waals surface area contributed by atoms with Gasteiger partial charge in [-0.3, -0.25) is 0 Å². The summed E-state index contributed by atoms with van der Waals surface area (Å²) in [6, 6.07) is 36.4. The highest BCUT2D eigenvalue weighted by Gasteiger charge is 2.63. The van der Waals surface area contributed by atoms with Crippen molar-refractivity contribution in [2.24, 2.45) is 10.1 Å². The van der Waals surface area contributed by atoms with Crippen LogP contribution >= 0.6 is 11.6 Å². The summed E-state index contributed by atoms with van der Waals surface area (Å²) in [4.78, 5) is 18.9. The summed E-state index contributed by atoms with van der Waals surface area (Å²) in [5.74, 6) is -0.731. The van der Waals surface area contributed by atoms with Gasteiger partial charge in [-0.25, -0.2) is 14.8 Å². The number of carbonyl (C=O) groups is 1. The smallest absolute Gasteiger partial charge is 0.364 e. The average molecular weight is 478 g/mol. The molecular weight excluding hydrogens is 458 g/mol. The molecule has 0 fully saturated rings. The van der Waals surface area contributed by atoms with Crippen molar-refractivity contribution in [3.63, 3.8) is 0 Å². The first-order valence-electron chi connectivity index (χ1n) is 11.3. The molecule has 6 heteroatoms. The van der Waals surface area contributed by atoms with Gasteiger partial charge in [-0.2, -0.15) is 5.10 Å². The minimum atomic E-state index is -1.45. The number of esters is 1. The minimum absolute atomic E-state index is 0.278. The van der Waals surface area contributed by atoms with Crippen LogP contribution in [0.3, 0.4) is 0 Å². The molecule has 2 unspecified atom stereocenters. The number of carbonyl (C=O) groups excluding carboxylic acids is 1. The van der Waals surface area contributed by atoms with Gasteiger partial charge >= 0.3 is 5.97 Å². The Morgan fingerprint density at radius 2 is 1.31 bits per heavy atom. The summed E-state index contributed by atoms with van der Waals surface area (Å²) in [5, 5.41) is 7.35. The largest absolute Gasteiger partial charge is 0.404 e. The Labute approximate surface area is 208 Å². The first kappa shape index (κ1) is 21.3. The number of hydrazone groups is 1. The van der Waals surface area contributed by atoms with Crippen LogP contribution in [0, 0.1) is 0 Å². The summed E-state index contributed by atoms with van der Waals surface area (Å²) in [7, 11) is 0. The second-order valence-electron chi connectivity index (χ2n) is 8.38. The molecule has 0 saturated carbocycles.